The van der Waals surface area contributed by atoms with E-state index >= 15 is 0 Å². The number of fused-ring (bicyclic) bond motifs is 1. The summed E-state index contributed by atoms with van der Waals surface area (Å²) in [6, 6.07) is 0. The van der Waals surface area contributed by atoms with Crippen molar-refractivity contribution in [2.75, 3.05) is 26.2 Å². The molecule has 0 bridgehead atoms. The molecule has 2 saturated heterocycles. The van der Waals surface area contributed by atoms with Gasteiger partial charge in [-0.2, -0.15) is 0 Å². The Bertz CT molecular complexity index is 431. The third-order valence-corrected chi connectivity index (χ3v) is 5.04. The van der Waals surface area contributed by atoms with Crippen LogP contribution in [0.25, 0.3) is 0 Å². The third-order valence-electron chi connectivity index (χ3n) is 4.14. The molecule has 4 nitrogen and oxygen atoms in total. The number of carbonyl (C=O) groups excluding carboxylic acids is 1. The van der Waals surface area contributed by atoms with E-state index in [4.69, 9.17) is 0 Å². The van der Waals surface area contributed by atoms with Crippen molar-refractivity contribution in [2.24, 2.45) is 11.8 Å². The molecule has 0 spiro atoms. The molecule has 3 rings (SSSR count). The summed E-state index contributed by atoms with van der Waals surface area (Å²) in [6.45, 7) is 6.01. The van der Waals surface area contributed by atoms with Crippen LogP contribution in [-0.2, 0) is 0 Å². The van der Waals surface area contributed by atoms with Crippen LogP contribution in [0, 0.1) is 18.8 Å². The number of nitrogens with one attached hydrogen (secondary N) is 1. The van der Waals surface area contributed by atoms with Crippen LogP contribution in [0.3, 0.4) is 0 Å². The minimum atomic E-state index is 0.175. The highest BCUT2D eigenvalue weighted by Gasteiger charge is 2.31. The molecule has 0 aliphatic carbocycles. The lowest BCUT2D eigenvalue weighted by Gasteiger charge is -2.19. The number of aryl methyl sites for hydroxylation is 1. The van der Waals surface area contributed by atoms with Crippen LogP contribution in [0.4, 0.5) is 0 Å². The van der Waals surface area contributed by atoms with Crippen molar-refractivity contribution in [1.29, 1.82) is 0 Å². The normalized spacial score (nSPS) is 27.9. The number of rotatable bonds is 1. The van der Waals surface area contributed by atoms with Gasteiger partial charge in [-0.05, 0) is 44.7 Å². The van der Waals surface area contributed by atoms with Crippen LogP contribution in [0.1, 0.15) is 27.5 Å². The summed E-state index contributed by atoms with van der Waals surface area (Å²) in [6.07, 6.45) is 4.00. The van der Waals surface area contributed by atoms with Crippen LogP contribution < -0.4 is 5.32 Å². The first-order valence-electron chi connectivity index (χ1n) is 6.66. The molecule has 1 aromatic heterocycles. The highest BCUT2D eigenvalue weighted by molar-refractivity contribution is 7.13. The predicted molar refractivity (Wildman–Crippen MR) is 71.8 cm³/mol. The first kappa shape index (κ1) is 12.1. The van der Waals surface area contributed by atoms with Crippen LogP contribution in [0.2, 0.25) is 0 Å². The number of aromatic nitrogens is 1. The number of hydrogen-bond acceptors (Lipinski definition) is 4. The molecular weight excluding hydrogens is 246 g/mol. The van der Waals surface area contributed by atoms with E-state index in [9.17, 15) is 4.79 Å². The summed E-state index contributed by atoms with van der Waals surface area (Å²) >= 11 is 1.50. The molecule has 2 aliphatic rings. The highest BCUT2D eigenvalue weighted by Crippen LogP contribution is 2.28. The molecule has 3 heterocycles. The van der Waals surface area contributed by atoms with Gasteiger partial charge in [0.15, 0.2) is 0 Å². The van der Waals surface area contributed by atoms with Gasteiger partial charge >= 0.3 is 0 Å². The van der Waals surface area contributed by atoms with Gasteiger partial charge in [-0.1, -0.05) is 0 Å². The lowest BCUT2D eigenvalue weighted by Crippen LogP contribution is -2.32. The molecule has 1 amide bonds. The van der Waals surface area contributed by atoms with Crippen LogP contribution in [0.15, 0.2) is 6.20 Å². The van der Waals surface area contributed by atoms with E-state index in [1.807, 2.05) is 11.8 Å². The zero-order chi connectivity index (χ0) is 12.5. The van der Waals surface area contributed by atoms with Crippen molar-refractivity contribution in [3.8, 4) is 0 Å². The maximum atomic E-state index is 12.4. The maximum absolute atomic E-state index is 12.4. The fraction of sp³-hybridized carbons (Fsp3) is 0.692. The molecule has 2 atom stereocenters. The van der Waals surface area contributed by atoms with E-state index in [2.05, 4.69) is 10.3 Å². The monoisotopic (exact) mass is 265 g/mol. The lowest BCUT2D eigenvalue weighted by atomic mass is 9.92. The van der Waals surface area contributed by atoms with Crippen LogP contribution in [0.5, 0.6) is 0 Å². The number of nitrogens with zero attached hydrogens (tertiary/aromatic N) is 2. The van der Waals surface area contributed by atoms with Gasteiger partial charge in [-0.25, -0.2) is 4.98 Å². The molecule has 2 fully saturated rings. The smallest absolute Gasteiger partial charge is 0.265 e. The second kappa shape index (κ2) is 4.97. The molecule has 98 valence electrons. The average molecular weight is 265 g/mol. The van der Waals surface area contributed by atoms with E-state index < -0.39 is 0 Å². The first-order chi connectivity index (χ1) is 8.74. The minimum Gasteiger partial charge on any atom is -0.338 e. The first-order valence-corrected chi connectivity index (χ1v) is 7.48. The third kappa shape index (κ3) is 2.29. The second-order valence-electron chi connectivity index (χ2n) is 5.29. The van der Waals surface area contributed by atoms with E-state index in [0.717, 1.165) is 60.7 Å². The standard InChI is InChI=1S/C13H19N3OS/c1-9-15-8-12(18-9)13(17)16-4-2-10-6-14-7-11(10)3-5-16/h8,10-11,14H,2-7H2,1H3/t10-,11+. The fourth-order valence-electron chi connectivity index (χ4n) is 3.04. The van der Waals surface area contributed by atoms with Crippen LogP contribution >= 0.6 is 11.3 Å². The summed E-state index contributed by atoms with van der Waals surface area (Å²) in [5.41, 5.74) is 0. The van der Waals surface area contributed by atoms with Crippen molar-refractivity contribution in [3.63, 3.8) is 0 Å². The molecule has 2 aliphatic heterocycles. The maximum Gasteiger partial charge on any atom is 0.265 e. The topological polar surface area (TPSA) is 45.2 Å². The van der Waals surface area contributed by atoms with Crippen molar-refractivity contribution < 1.29 is 4.79 Å². The molecular formula is C13H19N3OS. The Kier molecular flexibility index (Phi) is 3.35. The summed E-state index contributed by atoms with van der Waals surface area (Å²) in [4.78, 5) is 19.3. The minimum absolute atomic E-state index is 0.175. The van der Waals surface area contributed by atoms with Crippen molar-refractivity contribution >= 4 is 17.2 Å². The summed E-state index contributed by atoms with van der Waals surface area (Å²) < 4.78 is 0. The Morgan fingerprint density at radius 2 is 2.06 bits per heavy atom. The Labute approximate surface area is 111 Å². The zero-order valence-electron chi connectivity index (χ0n) is 10.7. The predicted octanol–water partition coefficient (Wildman–Crippen LogP) is 1.52. The van der Waals surface area contributed by atoms with E-state index in [0.29, 0.717) is 0 Å². The van der Waals surface area contributed by atoms with Gasteiger partial charge in [0.1, 0.15) is 4.88 Å². The average Bonchev–Trinajstić information content (AvgIpc) is 2.94. The molecule has 0 saturated carbocycles. The van der Waals surface area contributed by atoms with E-state index in [-0.39, 0.29) is 5.91 Å². The van der Waals surface area contributed by atoms with Crippen molar-refractivity contribution in [1.82, 2.24) is 15.2 Å². The molecule has 0 aromatic carbocycles. The fourth-order valence-corrected chi connectivity index (χ4v) is 3.78. The van der Waals surface area contributed by atoms with Crippen molar-refractivity contribution in [2.45, 2.75) is 19.8 Å². The van der Waals surface area contributed by atoms with E-state index in [1.165, 1.54) is 11.3 Å². The Morgan fingerprint density at radius 1 is 1.39 bits per heavy atom. The Hall–Kier alpha value is -0.940. The largest absolute Gasteiger partial charge is 0.338 e. The van der Waals surface area contributed by atoms with Gasteiger partial charge in [0.05, 0.1) is 11.2 Å². The number of hydrogen-bond donors (Lipinski definition) is 1. The van der Waals surface area contributed by atoms with Gasteiger partial charge in [-0.15, -0.1) is 11.3 Å². The van der Waals surface area contributed by atoms with Gasteiger partial charge in [0.2, 0.25) is 0 Å². The van der Waals surface area contributed by atoms with Crippen LogP contribution in [-0.4, -0.2) is 42.0 Å². The van der Waals surface area contributed by atoms with Gasteiger partial charge in [0.25, 0.3) is 5.91 Å². The molecule has 5 heteroatoms. The second-order valence-corrected chi connectivity index (χ2v) is 6.53. The number of thiazole rings is 1. The van der Waals surface area contributed by atoms with Gasteiger partial charge in [0, 0.05) is 13.1 Å². The molecule has 1 aromatic rings. The molecule has 1 N–H and O–H groups in total. The number of carbonyl (C=O) groups is 1. The molecule has 18 heavy (non-hydrogen) atoms. The summed E-state index contributed by atoms with van der Waals surface area (Å²) in [5.74, 6) is 1.71. The summed E-state index contributed by atoms with van der Waals surface area (Å²) in [5, 5.41) is 4.43. The summed E-state index contributed by atoms with van der Waals surface area (Å²) in [7, 11) is 0. The van der Waals surface area contributed by atoms with Gasteiger partial charge in [-0.3, -0.25) is 4.79 Å². The molecule has 0 radical (unpaired) electrons. The SMILES string of the molecule is Cc1ncc(C(=O)N2CC[C@@H]3CNC[C@@H]3CC2)s1. The number of likely N-dealkylation sites (tertiary alicyclic amines) is 1. The molecule has 0 unspecified atom stereocenters. The zero-order valence-corrected chi connectivity index (χ0v) is 11.5. The quantitative estimate of drug-likeness (QED) is 0.837. The Morgan fingerprint density at radius 3 is 2.61 bits per heavy atom. The number of amides is 1. The lowest BCUT2D eigenvalue weighted by molar-refractivity contribution is 0.0763. The highest BCUT2D eigenvalue weighted by atomic mass is 32.1. The Balaban J connectivity index is 1.68. The van der Waals surface area contributed by atoms with E-state index in [1.54, 1.807) is 6.20 Å². The van der Waals surface area contributed by atoms with Gasteiger partial charge < -0.3 is 10.2 Å². The van der Waals surface area contributed by atoms with Crippen molar-refractivity contribution in [3.05, 3.63) is 16.1 Å².